The van der Waals surface area contributed by atoms with Gasteiger partial charge in [0.1, 0.15) is 5.82 Å². The Bertz CT molecular complexity index is 815. The molecule has 7 heteroatoms. The van der Waals surface area contributed by atoms with Crippen molar-refractivity contribution in [2.45, 2.75) is 19.8 Å². The number of anilines is 1. The SMILES string of the molecule is CCNC(=NCCNc1ccc2ccccc2n1)N1CCC(C(=O)OC)CC1. The van der Waals surface area contributed by atoms with Crippen LogP contribution in [0.4, 0.5) is 5.82 Å². The molecule has 2 aromatic rings. The summed E-state index contributed by atoms with van der Waals surface area (Å²) < 4.78 is 4.86. The second-order valence-electron chi connectivity index (χ2n) is 6.84. The van der Waals surface area contributed by atoms with Crippen molar-refractivity contribution in [3.63, 3.8) is 0 Å². The molecule has 1 fully saturated rings. The molecule has 1 aromatic carbocycles. The van der Waals surface area contributed by atoms with Crippen molar-refractivity contribution in [2.75, 3.05) is 45.2 Å². The van der Waals surface area contributed by atoms with Crippen molar-refractivity contribution in [3.8, 4) is 0 Å². The highest BCUT2D eigenvalue weighted by molar-refractivity contribution is 5.81. The number of aromatic nitrogens is 1. The molecule has 0 atom stereocenters. The fraction of sp³-hybridized carbons (Fsp3) is 0.476. The number of esters is 1. The molecule has 1 saturated heterocycles. The summed E-state index contributed by atoms with van der Waals surface area (Å²) in [6, 6.07) is 12.2. The molecule has 1 aliphatic rings. The lowest BCUT2D eigenvalue weighted by atomic mass is 9.97. The normalized spacial score (nSPS) is 15.5. The Morgan fingerprint density at radius 1 is 1.25 bits per heavy atom. The molecule has 28 heavy (non-hydrogen) atoms. The summed E-state index contributed by atoms with van der Waals surface area (Å²) >= 11 is 0. The van der Waals surface area contributed by atoms with Gasteiger partial charge in [0.05, 0.1) is 25.1 Å². The summed E-state index contributed by atoms with van der Waals surface area (Å²) in [4.78, 5) is 23.3. The number of aliphatic imine (C=N–C) groups is 1. The Labute approximate surface area is 166 Å². The maximum absolute atomic E-state index is 11.7. The van der Waals surface area contributed by atoms with Crippen molar-refractivity contribution in [1.82, 2.24) is 15.2 Å². The standard InChI is InChI=1S/C21H29N5O2/c1-3-22-21(26-14-10-17(11-15-26)20(27)28-2)24-13-12-23-19-9-8-16-6-4-5-7-18(16)25-19/h4-9,17H,3,10-15H2,1-2H3,(H,22,24)(H,23,25). The lowest BCUT2D eigenvalue weighted by molar-refractivity contribution is -0.146. The number of rotatable bonds is 6. The molecule has 0 amide bonds. The number of para-hydroxylation sites is 1. The molecular weight excluding hydrogens is 354 g/mol. The number of nitrogens with zero attached hydrogens (tertiary/aromatic N) is 3. The van der Waals surface area contributed by atoms with Crippen LogP contribution in [-0.2, 0) is 9.53 Å². The lowest BCUT2D eigenvalue weighted by Gasteiger charge is -2.33. The second kappa shape index (κ2) is 9.92. The van der Waals surface area contributed by atoms with Crippen LogP contribution in [0.3, 0.4) is 0 Å². The van der Waals surface area contributed by atoms with E-state index < -0.39 is 0 Å². The largest absolute Gasteiger partial charge is 0.469 e. The molecule has 0 bridgehead atoms. The quantitative estimate of drug-likeness (QED) is 0.345. The smallest absolute Gasteiger partial charge is 0.308 e. The number of likely N-dealkylation sites (tertiary alicyclic amines) is 1. The number of nitrogens with one attached hydrogen (secondary N) is 2. The van der Waals surface area contributed by atoms with Crippen LogP contribution in [0.5, 0.6) is 0 Å². The fourth-order valence-electron chi connectivity index (χ4n) is 3.43. The zero-order valence-corrected chi connectivity index (χ0v) is 16.6. The van der Waals surface area contributed by atoms with Crippen LogP contribution in [0.15, 0.2) is 41.4 Å². The average Bonchev–Trinajstić information content (AvgIpc) is 2.75. The Morgan fingerprint density at radius 3 is 2.79 bits per heavy atom. The van der Waals surface area contributed by atoms with Crippen molar-refractivity contribution < 1.29 is 9.53 Å². The van der Waals surface area contributed by atoms with Gasteiger partial charge in [0.15, 0.2) is 5.96 Å². The zero-order chi connectivity index (χ0) is 19.8. The van der Waals surface area contributed by atoms with Gasteiger partial charge in [-0.3, -0.25) is 9.79 Å². The minimum absolute atomic E-state index is 0.00442. The molecule has 1 aliphatic heterocycles. The predicted molar refractivity (Wildman–Crippen MR) is 113 cm³/mol. The van der Waals surface area contributed by atoms with Crippen LogP contribution in [-0.4, -0.2) is 61.6 Å². The number of carbonyl (C=O) groups is 1. The summed E-state index contributed by atoms with van der Waals surface area (Å²) in [7, 11) is 1.46. The number of pyridine rings is 1. The van der Waals surface area contributed by atoms with Gasteiger partial charge in [0, 0.05) is 31.6 Å². The third-order valence-corrected chi connectivity index (χ3v) is 4.94. The molecule has 0 saturated carbocycles. The van der Waals surface area contributed by atoms with E-state index in [0.717, 1.165) is 55.2 Å². The topological polar surface area (TPSA) is 78.9 Å². The molecule has 0 unspecified atom stereocenters. The number of fused-ring (bicyclic) bond motifs is 1. The van der Waals surface area contributed by atoms with Gasteiger partial charge in [-0.25, -0.2) is 4.98 Å². The Kier molecular flexibility index (Phi) is 7.06. The predicted octanol–water partition coefficient (Wildman–Crippen LogP) is 2.50. The second-order valence-corrected chi connectivity index (χ2v) is 6.84. The maximum Gasteiger partial charge on any atom is 0.308 e. The van der Waals surface area contributed by atoms with Gasteiger partial charge >= 0.3 is 5.97 Å². The molecule has 2 N–H and O–H groups in total. The molecular formula is C21H29N5O2. The average molecular weight is 383 g/mol. The van der Waals surface area contributed by atoms with Crippen LogP contribution < -0.4 is 10.6 Å². The highest BCUT2D eigenvalue weighted by Crippen LogP contribution is 2.18. The third-order valence-electron chi connectivity index (χ3n) is 4.94. The van der Waals surface area contributed by atoms with Gasteiger partial charge < -0.3 is 20.3 Å². The van der Waals surface area contributed by atoms with E-state index in [0.29, 0.717) is 13.1 Å². The highest BCUT2D eigenvalue weighted by atomic mass is 16.5. The summed E-state index contributed by atoms with van der Waals surface area (Å²) in [5.74, 6) is 1.66. The summed E-state index contributed by atoms with van der Waals surface area (Å²) in [6.45, 7) is 5.85. The zero-order valence-electron chi connectivity index (χ0n) is 16.6. The van der Waals surface area contributed by atoms with E-state index in [9.17, 15) is 4.79 Å². The Balaban J connectivity index is 1.52. The van der Waals surface area contributed by atoms with Gasteiger partial charge in [-0.1, -0.05) is 18.2 Å². The van der Waals surface area contributed by atoms with Gasteiger partial charge in [0.2, 0.25) is 0 Å². The molecule has 150 valence electrons. The van der Waals surface area contributed by atoms with Crippen molar-refractivity contribution in [3.05, 3.63) is 36.4 Å². The van der Waals surface area contributed by atoms with Crippen molar-refractivity contribution in [1.29, 1.82) is 0 Å². The van der Waals surface area contributed by atoms with Gasteiger partial charge in [-0.05, 0) is 38.0 Å². The Morgan fingerprint density at radius 2 is 2.04 bits per heavy atom. The number of hydrogen-bond acceptors (Lipinski definition) is 5. The number of piperidine rings is 1. The van der Waals surface area contributed by atoms with Crippen molar-refractivity contribution in [2.24, 2.45) is 10.9 Å². The van der Waals surface area contributed by atoms with E-state index in [1.165, 1.54) is 7.11 Å². The lowest BCUT2D eigenvalue weighted by Crippen LogP contribution is -2.46. The summed E-state index contributed by atoms with van der Waals surface area (Å²) in [5.41, 5.74) is 0.984. The number of methoxy groups -OCH3 is 1. The van der Waals surface area contributed by atoms with Crippen LogP contribution in [0.25, 0.3) is 10.9 Å². The van der Waals surface area contributed by atoms with Crippen LogP contribution in [0.1, 0.15) is 19.8 Å². The molecule has 3 rings (SSSR count). The minimum Gasteiger partial charge on any atom is -0.469 e. The van der Waals surface area contributed by atoms with Gasteiger partial charge in [-0.2, -0.15) is 0 Å². The Hall–Kier alpha value is -2.83. The van der Waals surface area contributed by atoms with E-state index in [1.54, 1.807) is 0 Å². The van der Waals surface area contributed by atoms with E-state index in [-0.39, 0.29) is 11.9 Å². The van der Waals surface area contributed by atoms with E-state index in [2.05, 4.69) is 39.6 Å². The first-order chi connectivity index (χ1) is 13.7. The molecule has 0 spiro atoms. The summed E-state index contributed by atoms with van der Waals surface area (Å²) in [5, 5.41) is 7.83. The molecule has 2 heterocycles. The number of ether oxygens (including phenoxy) is 1. The maximum atomic E-state index is 11.7. The first kappa shape index (κ1) is 19.9. The fourth-order valence-corrected chi connectivity index (χ4v) is 3.43. The number of hydrogen-bond donors (Lipinski definition) is 2. The number of benzene rings is 1. The van der Waals surface area contributed by atoms with Crippen molar-refractivity contribution >= 4 is 28.6 Å². The molecule has 0 radical (unpaired) electrons. The van der Waals surface area contributed by atoms with E-state index in [4.69, 9.17) is 9.73 Å². The van der Waals surface area contributed by atoms with E-state index in [1.807, 2.05) is 24.3 Å². The van der Waals surface area contributed by atoms with Crippen LogP contribution in [0.2, 0.25) is 0 Å². The monoisotopic (exact) mass is 383 g/mol. The number of carbonyl (C=O) groups excluding carboxylic acids is 1. The van der Waals surface area contributed by atoms with Crippen LogP contribution in [0, 0.1) is 5.92 Å². The molecule has 0 aliphatic carbocycles. The van der Waals surface area contributed by atoms with E-state index >= 15 is 0 Å². The minimum atomic E-state index is -0.103. The van der Waals surface area contributed by atoms with Gasteiger partial charge in [-0.15, -0.1) is 0 Å². The first-order valence-electron chi connectivity index (χ1n) is 9.92. The van der Waals surface area contributed by atoms with Gasteiger partial charge in [0.25, 0.3) is 0 Å². The highest BCUT2D eigenvalue weighted by Gasteiger charge is 2.26. The molecule has 1 aromatic heterocycles. The number of guanidine groups is 1. The first-order valence-corrected chi connectivity index (χ1v) is 9.92. The van der Waals surface area contributed by atoms with Crippen LogP contribution >= 0.6 is 0 Å². The molecule has 7 nitrogen and oxygen atoms in total. The summed E-state index contributed by atoms with van der Waals surface area (Å²) in [6.07, 6.45) is 1.60. The third kappa shape index (κ3) is 5.12.